The highest BCUT2D eigenvalue weighted by molar-refractivity contribution is 9.10. The number of hydrogen-bond donors (Lipinski definition) is 0. The van der Waals surface area contributed by atoms with E-state index in [1.165, 1.54) is 0 Å². The molecule has 0 saturated heterocycles. The summed E-state index contributed by atoms with van der Waals surface area (Å²) >= 11 is 3.50. The highest BCUT2D eigenvalue weighted by Gasteiger charge is 2.14. The van der Waals surface area contributed by atoms with Crippen LogP contribution in [0.5, 0.6) is 5.75 Å². The third kappa shape index (κ3) is 3.10. The molecule has 1 aromatic carbocycles. The van der Waals surface area contributed by atoms with Gasteiger partial charge in [-0.15, -0.1) is 0 Å². The second-order valence-electron chi connectivity index (χ2n) is 4.51. The summed E-state index contributed by atoms with van der Waals surface area (Å²) in [6.07, 6.45) is 4.79. The maximum atomic E-state index is 11.2. The van der Waals surface area contributed by atoms with Gasteiger partial charge in [0.25, 0.3) is 0 Å². The van der Waals surface area contributed by atoms with Crippen LogP contribution in [0.25, 0.3) is 11.3 Å². The van der Waals surface area contributed by atoms with Gasteiger partial charge in [-0.1, -0.05) is 13.3 Å². The molecule has 1 heterocycles. The van der Waals surface area contributed by atoms with Gasteiger partial charge in [0.2, 0.25) is 0 Å². The first-order valence-corrected chi connectivity index (χ1v) is 7.35. The first-order valence-electron chi connectivity index (χ1n) is 6.56. The Hall–Kier alpha value is -1.62. The molecule has 0 unspecified atom stereocenters. The molecule has 106 valence electrons. The molecule has 0 atom stereocenters. The number of methoxy groups -OCH3 is 1. The van der Waals surface area contributed by atoms with Gasteiger partial charge in [0, 0.05) is 22.8 Å². The molecule has 0 aliphatic carbocycles. The molecule has 1 aromatic heterocycles. The van der Waals surface area contributed by atoms with Crippen molar-refractivity contribution in [3.63, 3.8) is 0 Å². The molecule has 5 heteroatoms. The molecule has 0 aliphatic rings. The van der Waals surface area contributed by atoms with Crippen molar-refractivity contribution in [3.8, 4) is 17.0 Å². The fourth-order valence-corrected chi connectivity index (χ4v) is 2.53. The van der Waals surface area contributed by atoms with E-state index in [9.17, 15) is 4.79 Å². The Kier molecular flexibility index (Phi) is 4.95. The monoisotopic (exact) mass is 336 g/mol. The zero-order valence-electron chi connectivity index (χ0n) is 11.6. The van der Waals surface area contributed by atoms with E-state index in [2.05, 4.69) is 28.0 Å². The Morgan fingerprint density at radius 1 is 1.45 bits per heavy atom. The summed E-state index contributed by atoms with van der Waals surface area (Å²) in [5.41, 5.74) is 2.20. The van der Waals surface area contributed by atoms with Crippen LogP contribution in [0.2, 0.25) is 0 Å². The first kappa shape index (κ1) is 14.8. The number of benzene rings is 1. The maximum absolute atomic E-state index is 11.2. The minimum atomic E-state index is 0.604. The fraction of sp³-hybridized carbons (Fsp3) is 0.333. The lowest BCUT2D eigenvalue weighted by Crippen LogP contribution is -1.98. The molecule has 4 nitrogen and oxygen atoms in total. The van der Waals surface area contributed by atoms with Crippen LogP contribution in [0.3, 0.4) is 0 Å². The van der Waals surface area contributed by atoms with Gasteiger partial charge < -0.3 is 4.74 Å². The minimum absolute atomic E-state index is 0.604. The van der Waals surface area contributed by atoms with Gasteiger partial charge in [0.05, 0.1) is 12.7 Å². The van der Waals surface area contributed by atoms with Crippen molar-refractivity contribution in [2.45, 2.75) is 26.3 Å². The van der Waals surface area contributed by atoms with E-state index in [0.717, 1.165) is 41.5 Å². The molecule has 0 N–H and O–H groups in total. The molecular weight excluding hydrogens is 320 g/mol. The zero-order chi connectivity index (χ0) is 14.5. The second kappa shape index (κ2) is 6.70. The summed E-state index contributed by atoms with van der Waals surface area (Å²) in [7, 11) is 1.62. The molecular formula is C15H17BrN2O2. The number of aryl methyl sites for hydroxylation is 1. The Morgan fingerprint density at radius 3 is 2.85 bits per heavy atom. The number of unbranched alkanes of at least 4 members (excludes halogenated alkanes) is 1. The lowest BCUT2D eigenvalue weighted by Gasteiger charge is -2.05. The smallest absolute Gasteiger partial charge is 0.153 e. The number of ether oxygens (including phenoxy) is 1. The topological polar surface area (TPSA) is 44.1 Å². The average molecular weight is 337 g/mol. The highest BCUT2D eigenvalue weighted by atomic mass is 79.9. The van der Waals surface area contributed by atoms with Crippen molar-refractivity contribution < 1.29 is 9.53 Å². The van der Waals surface area contributed by atoms with Gasteiger partial charge >= 0.3 is 0 Å². The summed E-state index contributed by atoms with van der Waals surface area (Å²) in [6.45, 7) is 2.95. The van der Waals surface area contributed by atoms with Crippen LogP contribution in [0, 0.1) is 0 Å². The molecule has 0 aliphatic heterocycles. The van der Waals surface area contributed by atoms with Crippen molar-refractivity contribution in [1.82, 2.24) is 9.78 Å². The van der Waals surface area contributed by atoms with Crippen molar-refractivity contribution in [2.24, 2.45) is 0 Å². The SMILES string of the molecule is CCCCn1cc(C=O)c(-c2ccc(OC)cc2Br)n1. The summed E-state index contributed by atoms with van der Waals surface area (Å²) in [5, 5.41) is 4.52. The number of halogens is 1. The molecule has 20 heavy (non-hydrogen) atoms. The third-order valence-electron chi connectivity index (χ3n) is 3.09. The normalized spacial score (nSPS) is 10.6. The van der Waals surface area contributed by atoms with Crippen LogP contribution in [-0.4, -0.2) is 23.2 Å². The lowest BCUT2D eigenvalue weighted by atomic mass is 10.1. The highest BCUT2D eigenvalue weighted by Crippen LogP contribution is 2.32. The number of rotatable bonds is 6. The lowest BCUT2D eigenvalue weighted by molar-refractivity contribution is 0.112. The van der Waals surface area contributed by atoms with E-state index < -0.39 is 0 Å². The second-order valence-corrected chi connectivity index (χ2v) is 5.37. The van der Waals surface area contributed by atoms with Crippen LogP contribution in [0.15, 0.2) is 28.9 Å². The summed E-state index contributed by atoms with van der Waals surface area (Å²) < 4.78 is 7.87. The van der Waals surface area contributed by atoms with E-state index in [4.69, 9.17) is 4.74 Å². The van der Waals surface area contributed by atoms with Crippen molar-refractivity contribution in [3.05, 3.63) is 34.4 Å². The average Bonchev–Trinajstić information content (AvgIpc) is 2.87. The van der Waals surface area contributed by atoms with Gasteiger partial charge in [-0.2, -0.15) is 5.10 Å². The van der Waals surface area contributed by atoms with Gasteiger partial charge in [0.1, 0.15) is 11.4 Å². The molecule has 0 bridgehead atoms. The maximum Gasteiger partial charge on any atom is 0.153 e. The van der Waals surface area contributed by atoms with Gasteiger partial charge in [0.15, 0.2) is 6.29 Å². The quantitative estimate of drug-likeness (QED) is 0.750. The zero-order valence-corrected chi connectivity index (χ0v) is 13.2. The Labute approximate surface area is 126 Å². The number of carbonyl (C=O) groups excluding carboxylic acids is 1. The molecule has 0 spiro atoms. The third-order valence-corrected chi connectivity index (χ3v) is 3.75. The fourth-order valence-electron chi connectivity index (χ4n) is 1.98. The molecule has 0 saturated carbocycles. The van der Waals surface area contributed by atoms with E-state index in [-0.39, 0.29) is 0 Å². The standard InChI is InChI=1S/C15H17BrN2O2/c1-3-4-7-18-9-11(10-19)15(17-18)13-6-5-12(20-2)8-14(13)16/h5-6,8-10H,3-4,7H2,1-2H3. The van der Waals surface area contributed by atoms with Crippen molar-refractivity contribution >= 4 is 22.2 Å². The summed E-state index contributed by atoms with van der Waals surface area (Å²) in [5.74, 6) is 0.763. The van der Waals surface area contributed by atoms with Gasteiger partial charge in [-0.05, 0) is 40.5 Å². The first-order chi connectivity index (χ1) is 9.69. The van der Waals surface area contributed by atoms with Crippen LogP contribution >= 0.6 is 15.9 Å². The number of hydrogen-bond acceptors (Lipinski definition) is 3. The number of carbonyl (C=O) groups is 1. The predicted octanol–water partition coefficient (Wildman–Crippen LogP) is 3.93. The molecule has 2 aromatic rings. The van der Waals surface area contributed by atoms with Crippen LogP contribution < -0.4 is 4.74 Å². The summed E-state index contributed by atoms with van der Waals surface area (Å²) in [4.78, 5) is 11.2. The van der Waals surface area contributed by atoms with E-state index in [1.807, 2.05) is 22.9 Å². The largest absolute Gasteiger partial charge is 0.497 e. The van der Waals surface area contributed by atoms with E-state index >= 15 is 0 Å². The van der Waals surface area contributed by atoms with Crippen LogP contribution in [0.1, 0.15) is 30.1 Å². The molecule has 0 amide bonds. The molecule has 2 rings (SSSR count). The van der Waals surface area contributed by atoms with E-state index in [0.29, 0.717) is 11.3 Å². The Bertz CT molecular complexity index is 608. The van der Waals surface area contributed by atoms with Gasteiger partial charge in [-0.3, -0.25) is 9.48 Å². The minimum Gasteiger partial charge on any atom is -0.497 e. The van der Waals surface area contributed by atoms with Crippen LogP contribution in [0.4, 0.5) is 0 Å². The van der Waals surface area contributed by atoms with Crippen molar-refractivity contribution in [2.75, 3.05) is 7.11 Å². The Morgan fingerprint density at radius 2 is 2.25 bits per heavy atom. The predicted molar refractivity (Wildman–Crippen MR) is 82.2 cm³/mol. The van der Waals surface area contributed by atoms with E-state index in [1.54, 1.807) is 13.3 Å². The Balaban J connectivity index is 2.40. The number of aldehydes is 1. The van der Waals surface area contributed by atoms with Crippen LogP contribution in [-0.2, 0) is 6.54 Å². The van der Waals surface area contributed by atoms with Gasteiger partial charge in [-0.25, -0.2) is 0 Å². The summed E-state index contributed by atoms with van der Waals surface area (Å²) in [6, 6.07) is 5.64. The number of aromatic nitrogens is 2. The van der Waals surface area contributed by atoms with Crippen molar-refractivity contribution in [1.29, 1.82) is 0 Å². The molecule has 0 radical (unpaired) electrons. The number of nitrogens with zero attached hydrogens (tertiary/aromatic N) is 2. The molecule has 0 fully saturated rings.